The molecule has 0 bridgehead atoms. The normalized spacial score (nSPS) is 15.9. The number of nitrogens with one attached hydrogen (secondary N) is 1. The summed E-state index contributed by atoms with van der Waals surface area (Å²) < 4.78 is 0. The number of hydrogen-bond donors (Lipinski definition) is 1. The van der Waals surface area contributed by atoms with E-state index < -0.39 is 0 Å². The van der Waals surface area contributed by atoms with Gasteiger partial charge in [-0.2, -0.15) is 0 Å². The van der Waals surface area contributed by atoms with E-state index in [0.29, 0.717) is 0 Å². The van der Waals surface area contributed by atoms with Crippen LogP contribution < -0.4 is 5.32 Å². The Morgan fingerprint density at radius 1 is 1.25 bits per heavy atom. The molecular formula is C13H16N2O. The summed E-state index contributed by atoms with van der Waals surface area (Å²) in [6.45, 7) is 6.54. The van der Waals surface area contributed by atoms with Crippen LogP contribution in [-0.4, -0.2) is 18.2 Å². The number of anilines is 1. The third kappa shape index (κ3) is 1.98. The van der Waals surface area contributed by atoms with E-state index in [0.717, 1.165) is 17.0 Å². The zero-order valence-electron chi connectivity index (χ0n) is 9.87. The van der Waals surface area contributed by atoms with Gasteiger partial charge in [-0.1, -0.05) is 39.0 Å². The van der Waals surface area contributed by atoms with Gasteiger partial charge in [0.1, 0.15) is 6.54 Å². The van der Waals surface area contributed by atoms with Gasteiger partial charge < -0.3 is 5.32 Å². The fraction of sp³-hybridized carbons (Fsp3) is 0.385. The van der Waals surface area contributed by atoms with E-state index in [2.05, 4.69) is 31.1 Å². The molecule has 1 aliphatic rings. The fourth-order valence-electron chi connectivity index (χ4n) is 1.87. The van der Waals surface area contributed by atoms with Crippen molar-refractivity contribution in [2.75, 3.05) is 11.9 Å². The van der Waals surface area contributed by atoms with Crippen LogP contribution in [0.3, 0.4) is 0 Å². The molecule has 0 saturated carbocycles. The van der Waals surface area contributed by atoms with Gasteiger partial charge in [0.15, 0.2) is 0 Å². The van der Waals surface area contributed by atoms with Crippen molar-refractivity contribution in [3.05, 3.63) is 29.8 Å². The maximum atomic E-state index is 11.5. The Hall–Kier alpha value is -1.64. The van der Waals surface area contributed by atoms with E-state index in [1.54, 1.807) is 0 Å². The topological polar surface area (TPSA) is 41.5 Å². The molecule has 3 nitrogen and oxygen atoms in total. The Kier molecular flexibility index (Phi) is 2.54. The van der Waals surface area contributed by atoms with Gasteiger partial charge >= 0.3 is 0 Å². The minimum atomic E-state index is -0.0532. The first-order valence-corrected chi connectivity index (χ1v) is 5.42. The number of para-hydroxylation sites is 1. The number of benzodiazepines with no additional fused rings is 1. The highest BCUT2D eigenvalue weighted by Crippen LogP contribution is 2.28. The minimum absolute atomic E-state index is 0.0494. The zero-order chi connectivity index (χ0) is 11.8. The number of rotatable bonds is 0. The molecule has 0 saturated heterocycles. The summed E-state index contributed by atoms with van der Waals surface area (Å²) in [5.41, 5.74) is 2.82. The van der Waals surface area contributed by atoms with Crippen molar-refractivity contribution in [1.29, 1.82) is 0 Å². The standard InChI is InChI=1S/C13H16N2O/c1-13(2,3)12-9-6-4-5-7-10(9)15-11(16)8-14-12/h4-7H,8H2,1-3H3,(H,15,16). The summed E-state index contributed by atoms with van der Waals surface area (Å²) in [6, 6.07) is 7.81. The summed E-state index contributed by atoms with van der Waals surface area (Å²) in [7, 11) is 0. The van der Waals surface area contributed by atoms with Gasteiger partial charge in [0.25, 0.3) is 0 Å². The third-order valence-electron chi connectivity index (χ3n) is 2.55. The van der Waals surface area contributed by atoms with Gasteiger partial charge in [0.2, 0.25) is 5.91 Å². The maximum absolute atomic E-state index is 11.5. The lowest BCUT2D eigenvalue weighted by Gasteiger charge is -2.22. The molecule has 0 spiro atoms. The molecule has 0 fully saturated rings. The van der Waals surface area contributed by atoms with Gasteiger partial charge in [-0.3, -0.25) is 9.79 Å². The van der Waals surface area contributed by atoms with Crippen molar-refractivity contribution in [2.24, 2.45) is 10.4 Å². The quantitative estimate of drug-likeness (QED) is 0.711. The molecule has 3 heteroatoms. The first kappa shape index (κ1) is 10.9. The van der Waals surface area contributed by atoms with Crippen molar-refractivity contribution in [3.63, 3.8) is 0 Å². The number of benzene rings is 1. The zero-order valence-corrected chi connectivity index (χ0v) is 9.87. The highest BCUT2D eigenvalue weighted by atomic mass is 16.1. The van der Waals surface area contributed by atoms with Gasteiger partial charge in [-0.25, -0.2) is 0 Å². The van der Waals surface area contributed by atoms with Gasteiger partial charge in [0, 0.05) is 16.7 Å². The van der Waals surface area contributed by atoms with Crippen LogP contribution in [0.15, 0.2) is 29.3 Å². The molecular weight excluding hydrogens is 200 g/mol. The van der Waals surface area contributed by atoms with E-state index in [1.165, 1.54) is 0 Å². The molecule has 1 N–H and O–H groups in total. The van der Waals surface area contributed by atoms with Gasteiger partial charge in [-0.15, -0.1) is 0 Å². The van der Waals surface area contributed by atoms with Crippen molar-refractivity contribution < 1.29 is 4.79 Å². The second-order valence-electron chi connectivity index (χ2n) is 5.01. The van der Waals surface area contributed by atoms with Crippen LogP contribution in [0.2, 0.25) is 0 Å². The molecule has 1 aromatic carbocycles. The molecule has 0 aliphatic carbocycles. The number of carbonyl (C=O) groups excluding carboxylic acids is 1. The second kappa shape index (κ2) is 3.74. The Balaban J connectivity index is 2.58. The van der Waals surface area contributed by atoms with E-state index in [4.69, 9.17) is 0 Å². The third-order valence-corrected chi connectivity index (χ3v) is 2.55. The van der Waals surface area contributed by atoms with Crippen LogP contribution in [0, 0.1) is 5.41 Å². The summed E-state index contributed by atoms with van der Waals surface area (Å²) in [6.07, 6.45) is 0. The highest BCUT2D eigenvalue weighted by Gasteiger charge is 2.25. The first-order valence-electron chi connectivity index (χ1n) is 5.42. The SMILES string of the molecule is CC(C)(C)C1=NCC(=O)Nc2ccccc21. The Morgan fingerprint density at radius 3 is 2.62 bits per heavy atom. The number of fused-ring (bicyclic) bond motifs is 1. The van der Waals surface area contributed by atoms with E-state index >= 15 is 0 Å². The lowest BCUT2D eigenvalue weighted by atomic mass is 9.85. The number of amides is 1. The summed E-state index contributed by atoms with van der Waals surface area (Å²) in [5, 5.41) is 2.87. The van der Waals surface area contributed by atoms with Crippen LogP contribution in [0.25, 0.3) is 0 Å². The number of nitrogens with zero attached hydrogens (tertiary/aromatic N) is 1. The highest BCUT2D eigenvalue weighted by molar-refractivity contribution is 6.13. The second-order valence-corrected chi connectivity index (χ2v) is 5.01. The first-order chi connectivity index (χ1) is 7.48. The van der Waals surface area contributed by atoms with Crippen molar-refractivity contribution >= 4 is 17.3 Å². The molecule has 16 heavy (non-hydrogen) atoms. The largest absolute Gasteiger partial charge is 0.324 e. The summed E-state index contributed by atoms with van der Waals surface area (Å²) in [4.78, 5) is 15.9. The molecule has 1 amide bonds. The predicted molar refractivity (Wildman–Crippen MR) is 65.9 cm³/mol. The Morgan fingerprint density at radius 2 is 1.94 bits per heavy atom. The van der Waals surface area contributed by atoms with Crippen LogP contribution in [0.1, 0.15) is 26.3 Å². The predicted octanol–water partition coefficient (Wildman–Crippen LogP) is 2.47. The molecule has 1 aliphatic heterocycles. The fourth-order valence-corrected chi connectivity index (χ4v) is 1.87. The lowest BCUT2D eigenvalue weighted by Crippen LogP contribution is -2.21. The summed E-state index contributed by atoms with van der Waals surface area (Å²) in [5.74, 6) is -0.0494. The van der Waals surface area contributed by atoms with Crippen LogP contribution in [0.5, 0.6) is 0 Å². The number of hydrogen-bond acceptors (Lipinski definition) is 2. The van der Waals surface area contributed by atoms with Crippen molar-refractivity contribution in [2.45, 2.75) is 20.8 Å². The van der Waals surface area contributed by atoms with Crippen LogP contribution >= 0.6 is 0 Å². The average molecular weight is 216 g/mol. The molecule has 0 radical (unpaired) electrons. The Labute approximate surface area is 95.6 Å². The monoisotopic (exact) mass is 216 g/mol. The molecule has 0 aromatic heterocycles. The van der Waals surface area contributed by atoms with Gasteiger partial charge in [-0.05, 0) is 6.07 Å². The average Bonchev–Trinajstić information content (AvgIpc) is 2.34. The van der Waals surface area contributed by atoms with Crippen molar-refractivity contribution in [1.82, 2.24) is 0 Å². The smallest absolute Gasteiger partial charge is 0.246 e. The molecule has 0 atom stereocenters. The van der Waals surface area contributed by atoms with Crippen LogP contribution in [0.4, 0.5) is 5.69 Å². The van der Waals surface area contributed by atoms with Gasteiger partial charge in [0.05, 0.1) is 5.71 Å². The van der Waals surface area contributed by atoms with E-state index in [1.807, 2.05) is 24.3 Å². The number of carbonyl (C=O) groups is 1. The molecule has 0 unspecified atom stereocenters. The molecule has 84 valence electrons. The minimum Gasteiger partial charge on any atom is -0.324 e. The molecule has 2 rings (SSSR count). The number of aliphatic imine (C=N–C) groups is 1. The molecule has 1 aromatic rings. The summed E-state index contributed by atoms with van der Waals surface area (Å²) >= 11 is 0. The molecule has 1 heterocycles. The lowest BCUT2D eigenvalue weighted by molar-refractivity contribution is -0.114. The Bertz CT molecular complexity index is 455. The van der Waals surface area contributed by atoms with Crippen molar-refractivity contribution in [3.8, 4) is 0 Å². The maximum Gasteiger partial charge on any atom is 0.246 e. The van der Waals surface area contributed by atoms with E-state index in [9.17, 15) is 4.79 Å². The van der Waals surface area contributed by atoms with E-state index in [-0.39, 0.29) is 17.9 Å². The van der Waals surface area contributed by atoms with Crippen LogP contribution in [-0.2, 0) is 4.79 Å².